The standard InChI is InChI=1S/C13H17ClN4O2S/c1-4-17(2)13-11(21(3,19)20)12(15)18(16-13)10-7-5-9(14)6-8-10/h5-8H,4,15H2,1-3H3. The zero-order valence-corrected chi connectivity index (χ0v) is 13.6. The average Bonchev–Trinajstić information content (AvgIpc) is 2.76. The summed E-state index contributed by atoms with van der Waals surface area (Å²) in [4.78, 5) is 1.78. The van der Waals surface area contributed by atoms with Crippen LogP contribution in [0.4, 0.5) is 11.6 Å². The van der Waals surface area contributed by atoms with Crippen molar-refractivity contribution in [2.45, 2.75) is 11.8 Å². The molecule has 0 atom stereocenters. The van der Waals surface area contributed by atoms with Crippen molar-refractivity contribution in [2.75, 3.05) is 30.5 Å². The predicted octanol–water partition coefficient (Wildman–Crippen LogP) is 1.97. The Morgan fingerprint density at radius 3 is 2.38 bits per heavy atom. The van der Waals surface area contributed by atoms with Crippen LogP contribution >= 0.6 is 11.6 Å². The monoisotopic (exact) mass is 328 g/mol. The van der Waals surface area contributed by atoms with Gasteiger partial charge >= 0.3 is 0 Å². The van der Waals surface area contributed by atoms with Crippen LogP contribution in [0.1, 0.15) is 6.92 Å². The maximum atomic E-state index is 12.0. The molecule has 0 aliphatic heterocycles. The summed E-state index contributed by atoms with van der Waals surface area (Å²) in [6.07, 6.45) is 1.12. The van der Waals surface area contributed by atoms with E-state index in [4.69, 9.17) is 17.3 Å². The third kappa shape index (κ3) is 2.98. The van der Waals surface area contributed by atoms with E-state index in [0.29, 0.717) is 23.1 Å². The molecule has 0 spiro atoms. The van der Waals surface area contributed by atoms with Gasteiger partial charge in [0.15, 0.2) is 20.6 Å². The molecule has 8 heteroatoms. The highest BCUT2D eigenvalue weighted by molar-refractivity contribution is 7.91. The van der Waals surface area contributed by atoms with Gasteiger partial charge < -0.3 is 10.6 Å². The predicted molar refractivity (Wildman–Crippen MR) is 85.0 cm³/mol. The number of hydrogen-bond acceptors (Lipinski definition) is 5. The van der Waals surface area contributed by atoms with Crippen LogP contribution in [0.15, 0.2) is 29.2 Å². The number of hydrogen-bond donors (Lipinski definition) is 1. The van der Waals surface area contributed by atoms with Crippen LogP contribution in [0, 0.1) is 0 Å². The maximum Gasteiger partial charge on any atom is 0.182 e. The molecule has 2 rings (SSSR count). The fourth-order valence-corrected chi connectivity index (χ4v) is 3.06. The van der Waals surface area contributed by atoms with Crippen LogP contribution in [0.3, 0.4) is 0 Å². The molecule has 0 fully saturated rings. The molecule has 2 aromatic rings. The Balaban J connectivity index is 2.70. The molecule has 1 aromatic heterocycles. The van der Waals surface area contributed by atoms with Gasteiger partial charge in [-0.3, -0.25) is 0 Å². The number of halogens is 1. The second-order valence-electron chi connectivity index (χ2n) is 4.71. The van der Waals surface area contributed by atoms with E-state index in [1.165, 1.54) is 4.68 Å². The minimum absolute atomic E-state index is 0.0433. The zero-order chi connectivity index (χ0) is 15.8. The smallest absolute Gasteiger partial charge is 0.182 e. The highest BCUT2D eigenvalue weighted by Crippen LogP contribution is 2.31. The summed E-state index contributed by atoms with van der Waals surface area (Å²) < 4.78 is 25.4. The third-order valence-electron chi connectivity index (χ3n) is 3.14. The minimum atomic E-state index is -3.49. The summed E-state index contributed by atoms with van der Waals surface area (Å²) in [5.74, 6) is 0.433. The maximum absolute atomic E-state index is 12.0. The Kier molecular flexibility index (Phi) is 4.15. The zero-order valence-electron chi connectivity index (χ0n) is 12.0. The number of anilines is 2. The highest BCUT2D eigenvalue weighted by atomic mass is 35.5. The largest absolute Gasteiger partial charge is 0.382 e. The number of benzene rings is 1. The summed E-state index contributed by atoms with van der Waals surface area (Å²) in [6, 6.07) is 6.85. The molecular formula is C13H17ClN4O2S. The molecule has 2 N–H and O–H groups in total. The lowest BCUT2D eigenvalue weighted by Crippen LogP contribution is -2.19. The first-order chi connectivity index (χ1) is 9.75. The number of aromatic nitrogens is 2. The Morgan fingerprint density at radius 1 is 1.33 bits per heavy atom. The molecule has 1 heterocycles. The lowest BCUT2D eigenvalue weighted by atomic mass is 10.3. The van der Waals surface area contributed by atoms with Crippen LogP contribution in [0.25, 0.3) is 5.69 Å². The summed E-state index contributed by atoms with van der Waals surface area (Å²) >= 11 is 5.86. The van der Waals surface area contributed by atoms with E-state index in [1.54, 1.807) is 36.2 Å². The van der Waals surface area contributed by atoms with Gasteiger partial charge in [-0.2, -0.15) is 0 Å². The van der Waals surface area contributed by atoms with E-state index >= 15 is 0 Å². The molecule has 0 bridgehead atoms. The molecule has 1 aromatic carbocycles. The molecule has 0 unspecified atom stereocenters. The van der Waals surface area contributed by atoms with Gasteiger partial charge in [0.2, 0.25) is 0 Å². The fraction of sp³-hybridized carbons (Fsp3) is 0.308. The van der Waals surface area contributed by atoms with Gasteiger partial charge in [-0.05, 0) is 31.2 Å². The Hall–Kier alpha value is -1.73. The number of sulfone groups is 1. The van der Waals surface area contributed by atoms with E-state index in [9.17, 15) is 8.42 Å². The molecular weight excluding hydrogens is 312 g/mol. The van der Waals surface area contributed by atoms with Crippen molar-refractivity contribution in [1.29, 1.82) is 0 Å². The molecule has 6 nitrogen and oxygen atoms in total. The third-order valence-corrected chi connectivity index (χ3v) is 4.52. The lowest BCUT2D eigenvalue weighted by Gasteiger charge is -2.14. The van der Waals surface area contributed by atoms with E-state index in [-0.39, 0.29) is 10.7 Å². The van der Waals surface area contributed by atoms with Gasteiger partial charge in [0.1, 0.15) is 5.82 Å². The van der Waals surface area contributed by atoms with Gasteiger partial charge in [-0.1, -0.05) is 11.6 Å². The van der Waals surface area contributed by atoms with Crippen molar-refractivity contribution in [1.82, 2.24) is 9.78 Å². The van der Waals surface area contributed by atoms with E-state index in [1.807, 2.05) is 6.92 Å². The van der Waals surface area contributed by atoms with Crippen molar-refractivity contribution < 1.29 is 8.42 Å². The van der Waals surface area contributed by atoms with Crippen LogP contribution in [0.5, 0.6) is 0 Å². The van der Waals surface area contributed by atoms with E-state index < -0.39 is 9.84 Å². The van der Waals surface area contributed by atoms with Crippen molar-refractivity contribution in [2.24, 2.45) is 0 Å². The summed E-state index contributed by atoms with van der Waals surface area (Å²) in [5, 5.41) is 4.92. The van der Waals surface area contributed by atoms with Crippen LogP contribution in [-0.2, 0) is 9.84 Å². The summed E-state index contributed by atoms with van der Waals surface area (Å²) in [6.45, 7) is 2.52. The highest BCUT2D eigenvalue weighted by Gasteiger charge is 2.26. The lowest BCUT2D eigenvalue weighted by molar-refractivity contribution is 0.602. The minimum Gasteiger partial charge on any atom is -0.382 e. The number of nitrogen functional groups attached to an aromatic ring is 1. The average molecular weight is 329 g/mol. The summed E-state index contributed by atoms with van der Waals surface area (Å²) in [5.41, 5.74) is 6.67. The first kappa shape index (κ1) is 15.7. The summed E-state index contributed by atoms with van der Waals surface area (Å²) in [7, 11) is -1.72. The van der Waals surface area contributed by atoms with E-state index in [0.717, 1.165) is 6.26 Å². The van der Waals surface area contributed by atoms with Gasteiger partial charge in [0.05, 0.1) is 5.69 Å². The molecule has 0 aliphatic rings. The molecule has 0 radical (unpaired) electrons. The second kappa shape index (κ2) is 5.57. The van der Waals surface area contributed by atoms with Crippen molar-refractivity contribution in [3.8, 4) is 5.69 Å². The molecule has 0 aliphatic carbocycles. The molecule has 21 heavy (non-hydrogen) atoms. The first-order valence-electron chi connectivity index (χ1n) is 6.31. The first-order valence-corrected chi connectivity index (χ1v) is 8.58. The fourth-order valence-electron chi connectivity index (χ4n) is 1.94. The Morgan fingerprint density at radius 2 is 1.90 bits per heavy atom. The van der Waals surface area contributed by atoms with Crippen LogP contribution < -0.4 is 10.6 Å². The van der Waals surface area contributed by atoms with Crippen molar-refractivity contribution in [3.63, 3.8) is 0 Å². The van der Waals surface area contributed by atoms with Crippen LogP contribution in [-0.4, -0.2) is 38.0 Å². The SMILES string of the molecule is CCN(C)c1nn(-c2ccc(Cl)cc2)c(N)c1S(C)(=O)=O. The number of rotatable bonds is 4. The molecule has 0 amide bonds. The topological polar surface area (TPSA) is 81.2 Å². The number of nitrogens with two attached hydrogens (primary N) is 1. The van der Waals surface area contributed by atoms with Gasteiger partial charge in [-0.25, -0.2) is 13.1 Å². The number of nitrogens with zero attached hydrogens (tertiary/aromatic N) is 3. The van der Waals surface area contributed by atoms with Crippen molar-refractivity contribution in [3.05, 3.63) is 29.3 Å². The second-order valence-corrected chi connectivity index (χ2v) is 7.10. The van der Waals surface area contributed by atoms with Crippen LogP contribution in [0.2, 0.25) is 5.02 Å². The van der Waals surface area contributed by atoms with Gasteiger partial charge in [0.25, 0.3) is 0 Å². The Labute approximate surface area is 129 Å². The quantitative estimate of drug-likeness (QED) is 0.928. The normalized spacial score (nSPS) is 11.6. The van der Waals surface area contributed by atoms with E-state index in [2.05, 4.69) is 5.10 Å². The van der Waals surface area contributed by atoms with Gasteiger partial charge in [-0.15, -0.1) is 5.10 Å². The Bertz CT molecular complexity index is 753. The molecule has 0 saturated heterocycles. The van der Waals surface area contributed by atoms with Gasteiger partial charge in [0, 0.05) is 24.9 Å². The molecule has 114 valence electrons. The molecule has 0 saturated carbocycles. The van der Waals surface area contributed by atoms with Crippen molar-refractivity contribution >= 4 is 33.1 Å².